The number of likely N-dealkylation sites (tertiary alicyclic amines) is 1. The van der Waals surface area contributed by atoms with Gasteiger partial charge in [-0.1, -0.05) is 6.07 Å². The third kappa shape index (κ3) is 4.00. The number of carbonyl (C=O) groups is 2. The van der Waals surface area contributed by atoms with Gasteiger partial charge in [0.25, 0.3) is 0 Å². The molecule has 0 saturated carbocycles. The van der Waals surface area contributed by atoms with Gasteiger partial charge in [-0.25, -0.2) is 0 Å². The number of rotatable bonds is 4. The second kappa shape index (κ2) is 6.98. The van der Waals surface area contributed by atoms with Crippen LogP contribution < -0.4 is 5.73 Å². The van der Waals surface area contributed by atoms with Gasteiger partial charge in [0.2, 0.25) is 11.8 Å². The van der Waals surface area contributed by atoms with Gasteiger partial charge in [-0.2, -0.15) is 0 Å². The number of benzene rings is 1. The number of carbonyl (C=O) groups excluding carboxylic acids is 2. The number of thioether (sulfide) groups is 1. The Morgan fingerprint density at radius 2 is 2.05 bits per heavy atom. The summed E-state index contributed by atoms with van der Waals surface area (Å²) in [6, 6.07) is 5.76. The minimum Gasteiger partial charge on any atom is -0.368 e. The molecule has 0 unspecified atom stereocenters. The van der Waals surface area contributed by atoms with Gasteiger partial charge in [-0.05, 0) is 56.4 Å². The maximum atomic E-state index is 12.3. The van der Waals surface area contributed by atoms with Crippen molar-refractivity contribution in [2.24, 2.45) is 5.73 Å². The molecule has 0 spiro atoms. The van der Waals surface area contributed by atoms with Crippen LogP contribution in [0.2, 0.25) is 0 Å². The van der Waals surface area contributed by atoms with Gasteiger partial charge in [0.15, 0.2) is 0 Å². The fourth-order valence-corrected chi connectivity index (χ4v) is 3.44. The molecule has 0 radical (unpaired) electrons. The number of primary amides is 1. The molecule has 2 N–H and O–H groups in total. The van der Waals surface area contributed by atoms with Crippen LogP contribution in [0.1, 0.15) is 30.4 Å². The summed E-state index contributed by atoms with van der Waals surface area (Å²) < 4.78 is 0. The first kappa shape index (κ1) is 15.9. The summed E-state index contributed by atoms with van der Waals surface area (Å²) in [6.07, 6.45) is 2.60. The summed E-state index contributed by atoms with van der Waals surface area (Å²) in [5, 5.41) is 0. The van der Waals surface area contributed by atoms with Gasteiger partial charge in [0, 0.05) is 11.4 Å². The van der Waals surface area contributed by atoms with Crippen molar-refractivity contribution in [2.45, 2.75) is 44.0 Å². The molecule has 114 valence electrons. The van der Waals surface area contributed by atoms with Gasteiger partial charge in [0.05, 0.1) is 5.75 Å². The molecule has 2 rings (SSSR count). The molecule has 1 saturated heterocycles. The van der Waals surface area contributed by atoms with E-state index in [0.717, 1.165) is 17.7 Å². The standard InChI is InChI=1S/C16H22N2O2S/c1-11-6-7-13(9-12(11)2)21-10-15(19)18-8-4-3-5-14(18)16(17)20/h6-7,9,14H,3-5,8,10H2,1-2H3,(H2,17,20)/t14-/m0/s1. The van der Waals surface area contributed by atoms with Crippen molar-refractivity contribution in [1.82, 2.24) is 4.90 Å². The molecule has 1 aliphatic rings. The van der Waals surface area contributed by atoms with Crippen LogP contribution in [0.25, 0.3) is 0 Å². The molecule has 1 aromatic carbocycles. The van der Waals surface area contributed by atoms with Crippen molar-refractivity contribution in [2.75, 3.05) is 12.3 Å². The van der Waals surface area contributed by atoms with Gasteiger partial charge in [0.1, 0.15) is 6.04 Å². The molecule has 1 fully saturated rings. The zero-order valence-corrected chi connectivity index (χ0v) is 13.4. The normalized spacial score (nSPS) is 18.6. The van der Waals surface area contributed by atoms with E-state index in [1.165, 1.54) is 22.9 Å². The fourth-order valence-electron chi connectivity index (χ4n) is 2.56. The number of aryl methyl sites for hydroxylation is 2. The highest BCUT2D eigenvalue weighted by Crippen LogP contribution is 2.23. The van der Waals surface area contributed by atoms with Crippen molar-refractivity contribution in [3.63, 3.8) is 0 Å². The summed E-state index contributed by atoms with van der Waals surface area (Å²) in [7, 11) is 0. The Morgan fingerprint density at radius 3 is 2.71 bits per heavy atom. The molecular formula is C16H22N2O2S. The van der Waals surface area contributed by atoms with Crippen LogP contribution in [-0.4, -0.2) is 35.1 Å². The molecule has 0 aliphatic carbocycles. The summed E-state index contributed by atoms with van der Waals surface area (Å²) in [4.78, 5) is 26.5. The summed E-state index contributed by atoms with van der Waals surface area (Å²) in [6.45, 7) is 4.77. The van der Waals surface area contributed by atoms with E-state index in [4.69, 9.17) is 5.73 Å². The number of amides is 2. The van der Waals surface area contributed by atoms with Crippen molar-refractivity contribution in [3.05, 3.63) is 29.3 Å². The Labute approximate surface area is 130 Å². The van der Waals surface area contributed by atoms with E-state index in [2.05, 4.69) is 26.0 Å². The van der Waals surface area contributed by atoms with Crippen molar-refractivity contribution >= 4 is 23.6 Å². The lowest BCUT2D eigenvalue weighted by Crippen LogP contribution is -2.51. The lowest BCUT2D eigenvalue weighted by Gasteiger charge is -2.33. The van der Waals surface area contributed by atoms with Gasteiger partial charge in [-0.3, -0.25) is 9.59 Å². The van der Waals surface area contributed by atoms with E-state index < -0.39 is 6.04 Å². The van der Waals surface area contributed by atoms with E-state index in [-0.39, 0.29) is 11.8 Å². The first-order valence-electron chi connectivity index (χ1n) is 7.28. The number of nitrogens with zero attached hydrogens (tertiary/aromatic N) is 1. The zero-order valence-electron chi connectivity index (χ0n) is 12.6. The Morgan fingerprint density at radius 1 is 1.29 bits per heavy atom. The number of nitrogens with two attached hydrogens (primary N) is 1. The lowest BCUT2D eigenvalue weighted by atomic mass is 10.0. The van der Waals surface area contributed by atoms with Crippen LogP contribution in [-0.2, 0) is 9.59 Å². The second-order valence-electron chi connectivity index (χ2n) is 5.54. The van der Waals surface area contributed by atoms with E-state index in [1.807, 2.05) is 6.07 Å². The Bertz CT molecular complexity index is 545. The maximum absolute atomic E-state index is 12.3. The minimum atomic E-state index is -0.424. The second-order valence-corrected chi connectivity index (χ2v) is 6.58. The molecule has 0 bridgehead atoms. The zero-order chi connectivity index (χ0) is 15.4. The van der Waals surface area contributed by atoms with Crippen LogP contribution in [0.4, 0.5) is 0 Å². The van der Waals surface area contributed by atoms with Crippen LogP contribution in [0, 0.1) is 13.8 Å². The molecule has 2 amide bonds. The van der Waals surface area contributed by atoms with Gasteiger partial charge < -0.3 is 10.6 Å². The highest BCUT2D eigenvalue weighted by atomic mass is 32.2. The van der Waals surface area contributed by atoms with Crippen LogP contribution >= 0.6 is 11.8 Å². The largest absolute Gasteiger partial charge is 0.368 e. The Hall–Kier alpha value is -1.49. The summed E-state index contributed by atoms with van der Waals surface area (Å²) in [5.41, 5.74) is 7.87. The van der Waals surface area contributed by atoms with Crippen LogP contribution in [0.3, 0.4) is 0 Å². The molecular weight excluding hydrogens is 284 g/mol. The maximum Gasteiger partial charge on any atom is 0.240 e. The smallest absolute Gasteiger partial charge is 0.240 e. The highest BCUT2D eigenvalue weighted by molar-refractivity contribution is 8.00. The predicted octanol–water partition coefficient (Wildman–Crippen LogP) is 2.26. The average Bonchev–Trinajstić information content (AvgIpc) is 2.48. The number of hydrogen-bond donors (Lipinski definition) is 1. The van der Waals surface area contributed by atoms with E-state index >= 15 is 0 Å². The molecule has 21 heavy (non-hydrogen) atoms. The van der Waals surface area contributed by atoms with Gasteiger partial charge in [-0.15, -0.1) is 11.8 Å². The lowest BCUT2D eigenvalue weighted by molar-refractivity contribution is -0.138. The molecule has 1 aromatic rings. The van der Waals surface area contributed by atoms with Crippen molar-refractivity contribution in [1.29, 1.82) is 0 Å². The first-order chi connectivity index (χ1) is 9.99. The summed E-state index contributed by atoms with van der Waals surface area (Å²) in [5.74, 6) is -0.0345. The van der Waals surface area contributed by atoms with E-state index in [9.17, 15) is 9.59 Å². The molecule has 1 atom stereocenters. The van der Waals surface area contributed by atoms with E-state index in [1.54, 1.807) is 4.90 Å². The molecule has 0 aromatic heterocycles. The topological polar surface area (TPSA) is 63.4 Å². The van der Waals surface area contributed by atoms with Crippen molar-refractivity contribution in [3.8, 4) is 0 Å². The first-order valence-corrected chi connectivity index (χ1v) is 8.26. The SMILES string of the molecule is Cc1ccc(SCC(=O)N2CCCC[C@H]2C(N)=O)cc1C. The fraction of sp³-hybridized carbons (Fsp3) is 0.500. The van der Waals surface area contributed by atoms with Crippen LogP contribution in [0.15, 0.2) is 23.1 Å². The predicted molar refractivity (Wildman–Crippen MR) is 85.2 cm³/mol. The van der Waals surface area contributed by atoms with E-state index in [0.29, 0.717) is 18.7 Å². The highest BCUT2D eigenvalue weighted by Gasteiger charge is 2.30. The number of hydrogen-bond acceptors (Lipinski definition) is 3. The molecule has 1 heterocycles. The third-order valence-electron chi connectivity index (χ3n) is 3.99. The van der Waals surface area contributed by atoms with Crippen LogP contribution in [0.5, 0.6) is 0 Å². The van der Waals surface area contributed by atoms with Crippen molar-refractivity contribution < 1.29 is 9.59 Å². The Balaban J connectivity index is 1.96. The quantitative estimate of drug-likeness (QED) is 0.868. The summed E-state index contributed by atoms with van der Waals surface area (Å²) >= 11 is 1.52. The van der Waals surface area contributed by atoms with Gasteiger partial charge >= 0.3 is 0 Å². The Kier molecular flexibility index (Phi) is 5.28. The molecule has 5 heteroatoms. The third-order valence-corrected chi connectivity index (χ3v) is 4.97. The average molecular weight is 306 g/mol. The molecule has 1 aliphatic heterocycles. The molecule has 4 nitrogen and oxygen atoms in total. The minimum absolute atomic E-state index is 0.00160. The monoisotopic (exact) mass is 306 g/mol. The number of piperidine rings is 1.